The summed E-state index contributed by atoms with van der Waals surface area (Å²) in [5.74, 6) is 1.89. The van der Waals surface area contributed by atoms with Gasteiger partial charge < -0.3 is 24.7 Å². The molecule has 6 nitrogen and oxygen atoms in total. The minimum absolute atomic E-state index is 0.250. The molecule has 0 aliphatic heterocycles. The fourth-order valence-electron chi connectivity index (χ4n) is 3.53. The van der Waals surface area contributed by atoms with Crippen molar-refractivity contribution < 1.29 is 28.6 Å². The van der Waals surface area contributed by atoms with Gasteiger partial charge in [0.25, 0.3) is 6.47 Å². The van der Waals surface area contributed by atoms with Crippen molar-refractivity contribution in [2.45, 2.75) is 45.1 Å². The fourth-order valence-corrected chi connectivity index (χ4v) is 3.72. The molecule has 3 rings (SSSR count). The number of rotatable bonds is 7. The first-order chi connectivity index (χ1) is 15.5. The van der Waals surface area contributed by atoms with Gasteiger partial charge in [-0.05, 0) is 67.5 Å². The van der Waals surface area contributed by atoms with Crippen molar-refractivity contribution in [2.24, 2.45) is 5.92 Å². The van der Waals surface area contributed by atoms with E-state index in [1.54, 1.807) is 19.2 Å². The van der Waals surface area contributed by atoms with Crippen LogP contribution in [0.25, 0.3) is 0 Å². The summed E-state index contributed by atoms with van der Waals surface area (Å²) in [5.41, 5.74) is 1.58. The molecule has 0 saturated heterocycles. The van der Waals surface area contributed by atoms with Crippen LogP contribution in [-0.2, 0) is 16.0 Å². The number of anilines is 1. The van der Waals surface area contributed by atoms with Gasteiger partial charge in [-0.25, -0.2) is 4.39 Å². The molecule has 32 heavy (non-hydrogen) atoms. The molecule has 8 heteroatoms. The number of ether oxygens (including phenoxy) is 2. The lowest BCUT2D eigenvalue weighted by Gasteiger charge is -2.28. The van der Waals surface area contributed by atoms with E-state index in [2.05, 4.69) is 12.2 Å². The van der Waals surface area contributed by atoms with Crippen LogP contribution in [0.15, 0.2) is 36.4 Å². The summed E-state index contributed by atoms with van der Waals surface area (Å²) in [6, 6.07) is 11.0. The Bertz CT molecular complexity index is 828. The van der Waals surface area contributed by atoms with Gasteiger partial charge in [0.15, 0.2) is 11.5 Å². The van der Waals surface area contributed by atoms with Gasteiger partial charge in [-0.15, -0.1) is 0 Å². The van der Waals surface area contributed by atoms with Crippen LogP contribution >= 0.6 is 11.6 Å². The molecule has 2 aromatic rings. The zero-order chi connectivity index (χ0) is 23.9. The second-order valence-electron chi connectivity index (χ2n) is 7.41. The lowest BCUT2D eigenvalue weighted by molar-refractivity contribution is -0.122. The number of carbonyl (C=O) groups is 2. The Morgan fingerprint density at radius 3 is 2.44 bits per heavy atom. The van der Waals surface area contributed by atoms with E-state index in [1.165, 1.54) is 31.7 Å². The van der Waals surface area contributed by atoms with Crippen molar-refractivity contribution in [1.29, 1.82) is 0 Å². The number of halogens is 2. The molecule has 0 amide bonds. The molecule has 2 aromatic carbocycles. The minimum Gasteiger partial charge on any atom is -0.493 e. The summed E-state index contributed by atoms with van der Waals surface area (Å²) >= 11 is 5.95. The maximum absolute atomic E-state index is 13.8. The van der Waals surface area contributed by atoms with Gasteiger partial charge in [0, 0.05) is 29.2 Å². The molecule has 0 aromatic heterocycles. The van der Waals surface area contributed by atoms with E-state index in [4.69, 9.17) is 35.8 Å². The van der Waals surface area contributed by atoms with Crippen LogP contribution in [-0.4, -0.2) is 38.1 Å². The van der Waals surface area contributed by atoms with Gasteiger partial charge in [0.05, 0.1) is 13.7 Å². The van der Waals surface area contributed by atoms with Gasteiger partial charge in [0.1, 0.15) is 12.6 Å². The van der Waals surface area contributed by atoms with Crippen LogP contribution in [0.1, 0.15) is 38.2 Å². The zero-order valence-corrected chi connectivity index (χ0v) is 19.2. The Kier molecular flexibility index (Phi) is 12.8. The third-order valence-corrected chi connectivity index (χ3v) is 5.42. The number of benzene rings is 2. The van der Waals surface area contributed by atoms with Gasteiger partial charge >= 0.3 is 0 Å². The van der Waals surface area contributed by atoms with Crippen molar-refractivity contribution in [3.63, 3.8) is 0 Å². The SMILES string of the molecule is C=O.COc1ccc(NC2CCC(C)CC2)cc1OCCc1cc(Cl)ccc1F.O=CO. The van der Waals surface area contributed by atoms with Crippen molar-refractivity contribution >= 4 is 30.5 Å². The number of carbonyl (C=O) groups excluding carboxylic acids is 1. The number of methoxy groups -OCH3 is 1. The summed E-state index contributed by atoms with van der Waals surface area (Å²) in [6.07, 6.45) is 5.35. The second-order valence-corrected chi connectivity index (χ2v) is 7.84. The molecule has 0 bridgehead atoms. The summed E-state index contributed by atoms with van der Waals surface area (Å²) in [7, 11) is 1.62. The summed E-state index contributed by atoms with van der Waals surface area (Å²) in [6.45, 7) is 4.41. The number of hydrogen-bond acceptors (Lipinski definition) is 5. The molecule has 1 saturated carbocycles. The van der Waals surface area contributed by atoms with E-state index in [0.717, 1.165) is 11.6 Å². The molecule has 1 fully saturated rings. The molecule has 2 N–H and O–H groups in total. The van der Waals surface area contributed by atoms with E-state index < -0.39 is 0 Å². The molecule has 1 aliphatic rings. The number of carboxylic acid groups (broad SMARTS) is 1. The average Bonchev–Trinajstić information content (AvgIpc) is 2.80. The maximum atomic E-state index is 13.8. The van der Waals surface area contributed by atoms with Crippen LogP contribution in [0.5, 0.6) is 11.5 Å². The Morgan fingerprint density at radius 1 is 1.16 bits per heavy atom. The third-order valence-electron chi connectivity index (χ3n) is 5.19. The highest BCUT2D eigenvalue weighted by Crippen LogP contribution is 2.32. The summed E-state index contributed by atoms with van der Waals surface area (Å²) < 4.78 is 25.1. The molecule has 176 valence electrons. The largest absolute Gasteiger partial charge is 0.493 e. The first-order valence-electron chi connectivity index (χ1n) is 10.3. The number of hydrogen-bond donors (Lipinski definition) is 2. The second kappa shape index (κ2) is 15.1. The van der Waals surface area contributed by atoms with Crippen molar-refractivity contribution in [3.8, 4) is 11.5 Å². The third kappa shape index (κ3) is 9.14. The first-order valence-corrected chi connectivity index (χ1v) is 10.7. The molecule has 0 atom stereocenters. The van der Waals surface area contributed by atoms with E-state index in [1.807, 2.05) is 25.0 Å². The Labute approximate surface area is 193 Å². The lowest BCUT2D eigenvalue weighted by atomic mass is 9.87. The molecule has 0 spiro atoms. The van der Waals surface area contributed by atoms with Crippen LogP contribution in [0.4, 0.5) is 10.1 Å². The molecule has 1 aliphatic carbocycles. The van der Waals surface area contributed by atoms with Crippen LogP contribution in [0.2, 0.25) is 5.02 Å². The van der Waals surface area contributed by atoms with Gasteiger partial charge in [-0.2, -0.15) is 0 Å². The zero-order valence-electron chi connectivity index (χ0n) is 18.5. The highest BCUT2D eigenvalue weighted by atomic mass is 35.5. The predicted molar refractivity (Wildman–Crippen MR) is 124 cm³/mol. The standard InChI is InChI=1S/C22H27ClFNO2.CH2O2.CH2O/c1-15-3-6-18(7-4-15)25-19-8-10-21(26-2)22(14-19)27-12-11-16-13-17(23)5-9-20(16)24;2-1-3;1-2/h5,8-10,13-15,18,25H,3-4,6-7,11-12H2,1-2H3;1H,(H,2,3);1H2. The maximum Gasteiger partial charge on any atom is 0.290 e. The lowest BCUT2D eigenvalue weighted by Crippen LogP contribution is -2.25. The van der Waals surface area contributed by atoms with E-state index in [0.29, 0.717) is 41.2 Å². The van der Waals surface area contributed by atoms with E-state index >= 15 is 0 Å². The smallest absolute Gasteiger partial charge is 0.290 e. The average molecular weight is 468 g/mol. The molecular weight excluding hydrogens is 437 g/mol. The molecule has 0 heterocycles. The Balaban J connectivity index is 0.000000944. The van der Waals surface area contributed by atoms with Crippen LogP contribution in [0.3, 0.4) is 0 Å². The molecule has 0 radical (unpaired) electrons. The Hall–Kier alpha value is -2.80. The first kappa shape index (κ1) is 27.2. The molecule has 0 unspecified atom stereocenters. The highest BCUT2D eigenvalue weighted by Gasteiger charge is 2.18. The van der Waals surface area contributed by atoms with Crippen LogP contribution < -0.4 is 14.8 Å². The van der Waals surface area contributed by atoms with Gasteiger partial charge in [-0.1, -0.05) is 18.5 Å². The topological polar surface area (TPSA) is 84.9 Å². The van der Waals surface area contributed by atoms with Crippen molar-refractivity contribution in [3.05, 3.63) is 52.8 Å². The van der Waals surface area contributed by atoms with Gasteiger partial charge in [0.2, 0.25) is 0 Å². The minimum atomic E-state index is -0.267. The van der Waals surface area contributed by atoms with E-state index in [-0.39, 0.29) is 12.3 Å². The van der Waals surface area contributed by atoms with Crippen LogP contribution in [0, 0.1) is 11.7 Å². The summed E-state index contributed by atoms with van der Waals surface area (Å²) in [5, 5.41) is 11.0. The monoisotopic (exact) mass is 467 g/mol. The fraction of sp³-hybridized carbons (Fsp3) is 0.417. The predicted octanol–water partition coefficient (Wildman–Crippen LogP) is 5.62. The van der Waals surface area contributed by atoms with Crippen molar-refractivity contribution in [2.75, 3.05) is 19.0 Å². The van der Waals surface area contributed by atoms with Crippen molar-refractivity contribution in [1.82, 2.24) is 0 Å². The number of nitrogens with one attached hydrogen (secondary N) is 1. The van der Waals surface area contributed by atoms with E-state index in [9.17, 15) is 4.39 Å². The highest BCUT2D eigenvalue weighted by molar-refractivity contribution is 6.30. The quantitative estimate of drug-likeness (QED) is 0.514. The molecular formula is C24H31ClFNO5. The summed E-state index contributed by atoms with van der Waals surface area (Å²) in [4.78, 5) is 16.4. The van der Waals surface area contributed by atoms with Gasteiger partial charge in [-0.3, -0.25) is 4.79 Å². The normalized spacial score (nSPS) is 17.0. The Morgan fingerprint density at radius 2 is 1.81 bits per heavy atom.